The quantitative estimate of drug-likeness (QED) is 0.450. The third-order valence-corrected chi connectivity index (χ3v) is 5.43. The van der Waals surface area contributed by atoms with Gasteiger partial charge in [0.1, 0.15) is 6.54 Å². The Morgan fingerprint density at radius 3 is 2.47 bits per heavy atom. The molecule has 1 fully saturated rings. The van der Waals surface area contributed by atoms with E-state index in [1.54, 1.807) is 0 Å². The number of morpholine rings is 1. The number of guanidine groups is 1. The van der Waals surface area contributed by atoms with Gasteiger partial charge in [-0.3, -0.25) is 9.69 Å². The summed E-state index contributed by atoms with van der Waals surface area (Å²) >= 11 is 0. The summed E-state index contributed by atoms with van der Waals surface area (Å²) in [4.78, 5) is 21.6. The number of carbonyl (C=O) groups excluding carboxylic acids is 1. The SMILES string of the molecule is CCNC(=NCC(=O)N(CC)Cc1ccccc1)NCC(C(C)C)N1CCOCC1. The second-order valence-corrected chi connectivity index (χ2v) is 7.93. The Hall–Kier alpha value is -2.12. The minimum absolute atomic E-state index is 0.0344. The van der Waals surface area contributed by atoms with Crippen LogP contribution in [0.25, 0.3) is 0 Å². The third kappa shape index (κ3) is 7.95. The zero-order valence-corrected chi connectivity index (χ0v) is 19.1. The van der Waals surface area contributed by atoms with Crippen LogP contribution in [0.15, 0.2) is 35.3 Å². The van der Waals surface area contributed by atoms with Crippen LogP contribution in [-0.2, 0) is 16.1 Å². The molecule has 7 nitrogen and oxygen atoms in total. The van der Waals surface area contributed by atoms with Crippen molar-refractivity contribution in [3.05, 3.63) is 35.9 Å². The van der Waals surface area contributed by atoms with Crippen LogP contribution in [0, 0.1) is 5.92 Å². The average molecular weight is 418 g/mol. The number of amides is 1. The smallest absolute Gasteiger partial charge is 0.244 e. The van der Waals surface area contributed by atoms with E-state index in [-0.39, 0.29) is 12.5 Å². The van der Waals surface area contributed by atoms with Gasteiger partial charge in [-0.15, -0.1) is 0 Å². The molecule has 1 heterocycles. The summed E-state index contributed by atoms with van der Waals surface area (Å²) < 4.78 is 5.49. The summed E-state index contributed by atoms with van der Waals surface area (Å²) in [6.45, 7) is 15.0. The lowest BCUT2D eigenvalue weighted by molar-refractivity contribution is -0.130. The minimum atomic E-state index is 0.0344. The number of aliphatic imine (C=N–C) groups is 1. The van der Waals surface area contributed by atoms with E-state index in [2.05, 4.69) is 34.4 Å². The summed E-state index contributed by atoms with van der Waals surface area (Å²) in [7, 11) is 0. The van der Waals surface area contributed by atoms with Gasteiger partial charge in [0, 0.05) is 45.3 Å². The van der Waals surface area contributed by atoms with Crippen molar-refractivity contribution in [1.29, 1.82) is 0 Å². The van der Waals surface area contributed by atoms with Gasteiger partial charge < -0.3 is 20.3 Å². The highest BCUT2D eigenvalue weighted by molar-refractivity contribution is 5.85. The van der Waals surface area contributed by atoms with E-state index in [0.717, 1.165) is 45.0 Å². The highest BCUT2D eigenvalue weighted by atomic mass is 16.5. The Morgan fingerprint density at radius 2 is 1.87 bits per heavy atom. The first-order valence-electron chi connectivity index (χ1n) is 11.2. The van der Waals surface area contributed by atoms with Gasteiger partial charge in [0.05, 0.1) is 13.2 Å². The number of hydrogen-bond acceptors (Lipinski definition) is 4. The zero-order chi connectivity index (χ0) is 21.8. The molecule has 0 aliphatic carbocycles. The standard InChI is InChI=1S/C23H39N5O2/c1-5-24-23(25-16-21(19(3)4)28-12-14-30-15-13-28)26-17-22(29)27(6-2)18-20-10-8-7-9-11-20/h7-11,19,21H,5-6,12-18H2,1-4H3,(H2,24,25,26). The largest absolute Gasteiger partial charge is 0.379 e. The average Bonchev–Trinajstić information content (AvgIpc) is 2.76. The van der Waals surface area contributed by atoms with Crippen LogP contribution >= 0.6 is 0 Å². The maximum absolute atomic E-state index is 12.7. The van der Waals surface area contributed by atoms with E-state index in [1.807, 2.05) is 49.1 Å². The molecule has 1 amide bonds. The van der Waals surface area contributed by atoms with E-state index in [9.17, 15) is 4.79 Å². The minimum Gasteiger partial charge on any atom is -0.379 e. The number of ether oxygens (including phenoxy) is 1. The Bertz CT molecular complexity index is 644. The first-order valence-corrected chi connectivity index (χ1v) is 11.2. The number of rotatable bonds is 10. The van der Waals surface area contributed by atoms with E-state index in [0.29, 0.717) is 31.0 Å². The summed E-state index contributed by atoms with van der Waals surface area (Å²) in [6, 6.07) is 10.5. The Kier molecular flexibility index (Phi) is 10.7. The van der Waals surface area contributed by atoms with E-state index in [1.165, 1.54) is 0 Å². The van der Waals surface area contributed by atoms with Gasteiger partial charge in [-0.2, -0.15) is 0 Å². The molecular formula is C23H39N5O2. The lowest BCUT2D eigenvalue weighted by Crippen LogP contribution is -2.52. The molecule has 0 spiro atoms. The van der Waals surface area contributed by atoms with Crippen LogP contribution in [0.3, 0.4) is 0 Å². The highest BCUT2D eigenvalue weighted by Gasteiger charge is 2.24. The lowest BCUT2D eigenvalue weighted by Gasteiger charge is -2.37. The maximum Gasteiger partial charge on any atom is 0.244 e. The normalized spacial score (nSPS) is 16.4. The van der Waals surface area contributed by atoms with Crippen LogP contribution < -0.4 is 10.6 Å². The number of nitrogens with one attached hydrogen (secondary N) is 2. The molecular weight excluding hydrogens is 378 g/mol. The van der Waals surface area contributed by atoms with Crippen molar-refractivity contribution in [2.75, 3.05) is 52.5 Å². The number of benzene rings is 1. The van der Waals surface area contributed by atoms with Gasteiger partial charge in [-0.25, -0.2) is 4.99 Å². The molecule has 2 N–H and O–H groups in total. The van der Waals surface area contributed by atoms with Crippen molar-refractivity contribution in [2.45, 2.75) is 40.3 Å². The van der Waals surface area contributed by atoms with Crippen LogP contribution in [0.4, 0.5) is 0 Å². The van der Waals surface area contributed by atoms with Crippen LogP contribution in [-0.4, -0.2) is 80.2 Å². The predicted molar refractivity (Wildman–Crippen MR) is 123 cm³/mol. The van der Waals surface area contributed by atoms with Gasteiger partial charge in [-0.05, 0) is 25.3 Å². The summed E-state index contributed by atoms with van der Waals surface area (Å²) in [5.41, 5.74) is 1.13. The van der Waals surface area contributed by atoms with Gasteiger partial charge in [0.2, 0.25) is 5.91 Å². The van der Waals surface area contributed by atoms with Crippen LogP contribution in [0.5, 0.6) is 0 Å². The number of carbonyl (C=O) groups is 1. The monoisotopic (exact) mass is 417 g/mol. The number of hydrogen-bond donors (Lipinski definition) is 2. The van der Waals surface area contributed by atoms with Crippen LogP contribution in [0.1, 0.15) is 33.3 Å². The van der Waals surface area contributed by atoms with Gasteiger partial charge in [-0.1, -0.05) is 44.2 Å². The lowest BCUT2D eigenvalue weighted by atomic mass is 10.0. The van der Waals surface area contributed by atoms with Crippen molar-refractivity contribution in [1.82, 2.24) is 20.4 Å². The number of nitrogens with zero attached hydrogens (tertiary/aromatic N) is 3. The molecule has 1 aromatic carbocycles. The van der Waals surface area contributed by atoms with E-state index in [4.69, 9.17) is 4.74 Å². The molecule has 0 saturated carbocycles. The van der Waals surface area contributed by atoms with Gasteiger partial charge in [0.15, 0.2) is 5.96 Å². The summed E-state index contributed by atoms with van der Waals surface area (Å²) in [5.74, 6) is 1.24. The first kappa shape index (κ1) is 24.2. The molecule has 1 atom stereocenters. The third-order valence-electron chi connectivity index (χ3n) is 5.43. The van der Waals surface area contributed by atoms with Crippen molar-refractivity contribution in [2.24, 2.45) is 10.9 Å². The molecule has 7 heteroatoms. The Balaban J connectivity index is 1.93. The second-order valence-electron chi connectivity index (χ2n) is 7.93. The van der Waals surface area contributed by atoms with Crippen molar-refractivity contribution in [3.63, 3.8) is 0 Å². The fourth-order valence-corrected chi connectivity index (χ4v) is 3.67. The molecule has 1 aromatic rings. The molecule has 1 saturated heterocycles. The Labute approximate surface area is 181 Å². The van der Waals surface area contributed by atoms with E-state index >= 15 is 0 Å². The zero-order valence-electron chi connectivity index (χ0n) is 19.1. The summed E-state index contributed by atoms with van der Waals surface area (Å²) in [6.07, 6.45) is 0. The van der Waals surface area contributed by atoms with Crippen molar-refractivity contribution >= 4 is 11.9 Å². The second kappa shape index (κ2) is 13.2. The topological polar surface area (TPSA) is 69.2 Å². The molecule has 1 unspecified atom stereocenters. The van der Waals surface area contributed by atoms with Gasteiger partial charge >= 0.3 is 0 Å². The molecule has 0 aromatic heterocycles. The first-order chi connectivity index (χ1) is 14.5. The van der Waals surface area contributed by atoms with Gasteiger partial charge in [0.25, 0.3) is 0 Å². The molecule has 30 heavy (non-hydrogen) atoms. The van der Waals surface area contributed by atoms with Crippen molar-refractivity contribution in [3.8, 4) is 0 Å². The van der Waals surface area contributed by atoms with Crippen LogP contribution in [0.2, 0.25) is 0 Å². The molecule has 1 aliphatic heterocycles. The predicted octanol–water partition coefficient (Wildman–Crippen LogP) is 1.95. The van der Waals surface area contributed by atoms with E-state index < -0.39 is 0 Å². The molecule has 1 aliphatic rings. The fraction of sp³-hybridized carbons (Fsp3) is 0.652. The number of likely N-dealkylation sites (N-methyl/N-ethyl adjacent to an activating group) is 1. The van der Waals surface area contributed by atoms with Crippen molar-refractivity contribution < 1.29 is 9.53 Å². The Morgan fingerprint density at radius 1 is 1.17 bits per heavy atom. The molecule has 0 radical (unpaired) electrons. The molecule has 2 rings (SSSR count). The maximum atomic E-state index is 12.7. The highest BCUT2D eigenvalue weighted by Crippen LogP contribution is 2.12. The molecule has 0 bridgehead atoms. The summed E-state index contributed by atoms with van der Waals surface area (Å²) in [5, 5.41) is 6.71. The fourth-order valence-electron chi connectivity index (χ4n) is 3.67. The molecule has 168 valence electrons.